The van der Waals surface area contributed by atoms with Crippen LogP contribution < -0.4 is 5.73 Å². The van der Waals surface area contributed by atoms with Crippen LogP contribution in [-0.4, -0.2) is 15.0 Å². The first-order chi connectivity index (χ1) is 8.33. The number of rotatable bonds is 2. The van der Waals surface area contributed by atoms with Crippen LogP contribution in [0, 0.1) is 11.3 Å². The van der Waals surface area contributed by atoms with E-state index in [-0.39, 0.29) is 5.70 Å². The normalized spacial score (nSPS) is 11.5. The zero-order chi connectivity index (χ0) is 12.1. The van der Waals surface area contributed by atoms with E-state index in [0.29, 0.717) is 17.0 Å². The summed E-state index contributed by atoms with van der Waals surface area (Å²) in [4.78, 5) is 12.0. The number of hydrogen-bond acceptors (Lipinski definition) is 5. The van der Waals surface area contributed by atoms with Crippen molar-refractivity contribution >= 4 is 11.3 Å². The monoisotopic (exact) mass is 223 g/mol. The van der Waals surface area contributed by atoms with Crippen molar-refractivity contribution in [3.05, 3.63) is 54.4 Å². The molecule has 0 saturated heterocycles. The van der Waals surface area contributed by atoms with Crippen LogP contribution in [0.5, 0.6) is 0 Å². The summed E-state index contributed by atoms with van der Waals surface area (Å²) in [5, 5.41) is 9.14. The van der Waals surface area contributed by atoms with Crippen molar-refractivity contribution in [1.82, 2.24) is 15.0 Å². The molecule has 0 aliphatic rings. The lowest BCUT2D eigenvalue weighted by Gasteiger charge is -2.03. The highest BCUT2D eigenvalue weighted by Gasteiger charge is 2.09. The van der Waals surface area contributed by atoms with Gasteiger partial charge in [0.15, 0.2) is 5.82 Å². The predicted molar refractivity (Wildman–Crippen MR) is 62.9 cm³/mol. The summed E-state index contributed by atoms with van der Waals surface area (Å²) in [6.07, 6.45) is 6.36. The third-order valence-corrected chi connectivity index (χ3v) is 2.14. The van der Waals surface area contributed by atoms with Gasteiger partial charge in [-0.2, -0.15) is 5.26 Å². The molecule has 0 fully saturated rings. The number of allylic oxidation sites excluding steroid dienone is 1. The second-order valence-electron chi connectivity index (χ2n) is 3.21. The maximum absolute atomic E-state index is 9.14. The smallest absolute Gasteiger partial charge is 0.176 e. The summed E-state index contributed by atoms with van der Waals surface area (Å²) >= 11 is 0. The van der Waals surface area contributed by atoms with Crippen molar-refractivity contribution in [2.24, 2.45) is 5.73 Å². The van der Waals surface area contributed by atoms with Gasteiger partial charge >= 0.3 is 0 Å². The molecular formula is C12H9N5. The Balaban J connectivity index is 2.53. The van der Waals surface area contributed by atoms with Gasteiger partial charge in [0.2, 0.25) is 0 Å². The molecule has 0 aliphatic heterocycles. The summed E-state index contributed by atoms with van der Waals surface area (Å²) < 4.78 is 0. The van der Waals surface area contributed by atoms with E-state index in [0.717, 1.165) is 0 Å². The van der Waals surface area contributed by atoms with Crippen LogP contribution in [-0.2, 0) is 0 Å². The van der Waals surface area contributed by atoms with E-state index < -0.39 is 0 Å². The third kappa shape index (κ3) is 2.26. The van der Waals surface area contributed by atoms with E-state index in [1.54, 1.807) is 43.0 Å². The molecule has 0 unspecified atom stereocenters. The van der Waals surface area contributed by atoms with Gasteiger partial charge in [0.05, 0.1) is 11.3 Å². The summed E-state index contributed by atoms with van der Waals surface area (Å²) in [7, 11) is 0. The van der Waals surface area contributed by atoms with E-state index in [1.807, 2.05) is 0 Å². The highest BCUT2D eigenvalue weighted by atomic mass is 14.9. The number of nitriles is 1. The Hall–Kier alpha value is -2.74. The SMILES string of the molecule is N#C/C(=C(/N)c1ncccn1)c1cccnc1. The topological polar surface area (TPSA) is 88.5 Å². The van der Waals surface area contributed by atoms with Crippen molar-refractivity contribution in [3.8, 4) is 6.07 Å². The Labute approximate surface area is 98.3 Å². The van der Waals surface area contributed by atoms with Crippen molar-refractivity contribution in [3.63, 3.8) is 0 Å². The first-order valence-corrected chi connectivity index (χ1v) is 4.90. The van der Waals surface area contributed by atoms with Crippen molar-refractivity contribution in [1.29, 1.82) is 5.26 Å². The van der Waals surface area contributed by atoms with Crippen LogP contribution in [0.2, 0.25) is 0 Å². The van der Waals surface area contributed by atoms with Crippen LogP contribution in [0.15, 0.2) is 43.0 Å². The van der Waals surface area contributed by atoms with Crippen LogP contribution in [0.25, 0.3) is 11.3 Å². The molecule has 0 radical (unpaired) electrons. The molecule has 82 valence electrons. The molecule has 0 saturated carbocycles. The molecule has 0 aromatic carbocycles. The minimum Gasteiger partial charge on any atom is -0.395 e. The molecule has 2 rings (SSSR count). The number of aromatic nitrogens is 3. The van der Waals surface area contributed by atoms with Crippen molar-refractivity contribution < 1.29 is 0 Å². The van der Waals surface area contributed by atoms with E-state index in [9.17, 15) is 0 Å². The Kier molecular flexibility index (Phi) is 3.08. The molecule has 0 bridgehead atoms. The molecule has 0 aliphatic carbocycles. The number of pyridine rings is 1. The van der Waals surface area contributed by atoms with Gasteiger partial charge in [0.1, 0.15) is 6.07 Å². The van der Waals surface area contributed by atoms with Crippen molar-refractivity contribution in [2.45, 2.75) is 0 Å². The minimum atomic E-state index is 0.251. The maximum Gasteiger partial charge on any atom is 0.176 e. The highest BCUT2D eigenvalue weighted by molar-refractivity contribution is 5.94. The van der Waals surface area contributed by atoms with Gasteiger partial charge in [-0.25, -0.2) is 9.97 Å². The van der Waals surface area contributed by atoms with E-state index in [1.165, 1.54) is 0 Å². The Morgan fingerprint density at radius 3 is 2.53 bits per heavy atom. The first-order valence-electron chi connectivity index (χ1n) is 4.90. The molecule has 0 spiro atoms. The first kappa shape index (κ1) is 10.8. The second kappa shape index (κ2) is 4.86. The molecule has 2 heterocycles. The largest absolute Gasteiger partial charge is 0.395 e. The maximum atomic E-state index is 9.14. The fourth-order valence-electron chi connectivity index (χ4n) is 1.34. The van der Waals surface area contributed by atoms with E-state index in [4.69, 9.17) is 11.0 Å². The lowest BCUT2D eigenvalue weighted by molar-refractivity contribution is 1.11. The number of nitrogens with zero attached hydrogens (tertiary/aromatic N) is 4. The molecular weight excluding hydrogens is 214 g/mol. The lowest BCUT2D eigenvalue weighted by atomic mass is 10.1. The van der Waals surface area contributed by atoms with Gasteiger partial charge in [-0.3, -0.25) is 4.98 Å². The Bertz CT molecular complexity index is 569. The van der Waals surface area contributed by atoms with Crippen LogP contribution in [0.1, 0.15) is 11.4 Å². The molecule has 5 heteroatoms. The van der Waals surface area contributed by atoms with Crippen LogP contribution in [0.3, 0.4) is 0 Å². The third-order valence-electron chi connectivity index (χ3n) is 2.14. The Morgan fingerprint density at radius 2 is 1.94 bits per heavy atom. The molecule has 2 aromatic heterocycles. The zero-order valence-corrected chi connectivity index (χ0v) is 8.91. The van der Waals surface area contributed by atoms with Gasteiger partial charge < -0.3 is 5.73 Å². The summed E-state index contributed by atoms with van der Waals surface area (Å²) in [5.74, 6) is 0.341. The standard InChI is InChI=1S/C12H9N5/c13-7-10(9-3-1-4-15-8-9)11(14)12-16-5-2-6-17-12/h1-6,8H,14H2/b11-10-. The highest BCUT2D eigenvalue weighted by Crippen LogP contribution is 2.18. The summed E-state index contributed by atoms with van der Waals surface area (Å²) in [5.41, 5.74) is 7.11. The molecule has 5 nitrogen and oxygen atoms in total. The van der Waals surface area contributed by atoms with Crippen molar-refractivity contribution in [2.75, 3.05) is 0 Å². The fraction of sp³-hybridized carbons (Fsp3) is 0. The molecule has 0 atom stereocenters. The summed E-state index contributed by atoms with van der Waals surface area (Å²) in [6.45, 7) is 0. The fourth-order valence-corrected chi connectivity index (χ4v) is 1.34. The van der Waals surface area contributed by atoms with Gasteiger partial charge in [-0.15, -0.1) is 0 Å². The number of hydrogen-bond donors (Lipinski definition) is 1. The molecule has 0 amide bonds. The minimum absolute atomic E-state index is 0.251. The lowest BCUT2D eigenvalue weighted by Crippen LogP contribution is -2.04. The van der Waals surface area contributed by atoms with Crippen LogP contribution >= 0.6 is 0 Å². The molecule has 17 heavy (non-hydrogen) atoms. The zero-order valence-electron chi connectivity index (χ0n) is 8.91. The molecule has 2 N–H and O–H groups in total. The van der Waals surface area contributed by atoms with Gasteiger partial charge in [-0.1, -0.05) is 6.07 Å². The summed E-state index contributed by atoms with van der Waals surface area (Å²) in [6, 6.07) is 7.25. The quantitative estimate of drug-likeness (QED) is 0.773. The average molecular weight is 223 g/mol. The predicted octanol–water partition coefficient (Wildman–Crippen LogP) is 1.22. The van der Waals surface area contributed by atoms with Gasteiger partial charge in [0, 0.05) is 30.4 Å². The van der Waals surface area contributed by atoms with E-state index in [2.05, 4.69) is 21.0 Å². The van der Waals surface area contributed by atoms with Crippen LogP contribution in [0.4, 0.5) is 0 Å². The molecule has 2 aromatic rings. The Morgan fingerprint density at radius 1 is 1.18 bits per heavy atom. The second-order valence-corrected chi connectivity index (χ2v) is 3.21. The van der Waals surface area contributed by atoms with Gasteiger partial charge in [0.25, 0.3) is 0 Å². The van der Waals surface area contributed by atoms with Gasteiger partial charge in [-0.05, 0) is 12.1 Å². The average Bonchev–Trinajstić information content (AvgIpc) is 2.42. The van der Waals surface area contributed by atoms with E-state index >= 15 is 0 Å². The number of nitrogens with two attached hydrogens (primary N) is 1.